The Balaban J connectivity index is 1.61. The Labute approximate surface area is 246 Å². The van der Waals surface area contributed by atoms with E-state index in [0.29, 0.717) is 0 Å². The van der Waals surface area contributed by atoms with Crippen LogP contribution in [0.3, 0.4) is 0 Å². The molecule has 1 heterocycles. The van der Waals surface area contributed by atoms with Gasteiger partial charge in [0.25, 0.3) is 0 Å². The first-order valence-electron chi connectivity index (χ1n) is 15.9. The molecular weight excluding hydrogens is 502 g/mol. The lowest BCUT2D eigenvalue weighted by Crippen LogP contribution is -2.44. The highest BCUT2D eigenvalue weighted by atomic mass is 28.4. The van der Waals surface area contributed by atoms with Crippen LogP contribution in [-0.2, 0) is 22.7 Å². The topological polar surface area (TPSA) is 22.1 Å². The van der Waals surface area contributed by atoms with E-state index in [4.69, 9.17) is 4.43 Å². The molecule has 1 fully saturated rings. The molecule has 3 heteroatoms. The minimum atomic E-state index is -1.59. The van der Waals surface area contributed by atoms with Crippen molar-refractivity contribution in [3.8, 4) is 11.1 Å². The maximum absolute atomic E-state index is 6.90. The zero-order valence-corrected chi connectivity index (χ0v) is 27.6. The van der Waals surface area contributed by atoms with E-state index in [1.54, 1.807) is 0 Å². The number of benzene rings is 2. The Morgan fingerprint density at radius 2 is 1.48 bits per heavy atom. The van der Waals surface area contributed by atoms with Crippen molar-refractivity contribution in [2.24, 2.45) is 0 Å². The van der Waals surface area contributed by atoms with Gasteiger partial charge in [-0.25, -0.2) is 0 Å². The average Bonchev–Trinajstić information content (AvgIpc) is 2.93. The van der Waals surface area contributed by atoms with Gasteiger partial charge in [-0.3, -0.25) is 4.98 Å². The summed E-state index contributed by atoms with van der Waals surface area (Å²) in [6, 6.07) is 16.8. The third kappa shape index (κ3) is 6.79. The van der Waals surface area contributed by atoms with Crippen LogP contribution in [-0.4, -0.2) is 18.9 Å². The second-order valence-corrected chi connectivity index (χ2v) is 17.8. The minimum Gasteiger partial charge on any atom is -0.412 e. The monoisotopic (exact) mass is 555 g/mol. The lowest BCUT2D eigenvalue weighted by molar-refractivity contribution is 0.0148. The van der Waals surface area contributed by atoms with Gasteiger partial charge in [-0.05, 0) is 123 Å². The summed E-state index contributed by atoms with van der Waals surface area (Å²) in [5, 5.41) is 0. The molecule has 0 saturated heterocycles. The molecule has 1 saturated carbocycles. The van der Waals surface area contributed by atoms with Crippen LogP contribution in [0.4, 0.5) is 0 Å². The van der Waals surface area contributed by atoms with Crippen LogP contribution in [0.25, 0.3) is 11.1 Å². The first-order valence-corrected chi connectivity index (χ1v) is 19.3. The molecule has 0 unspecified atom stereocenters. The van der Waals surface area contributed by atoms with Crippen molar-refractivity contribution in [2.75, 3.05) is 0 Å². The van der Waals surface area contributed by atoms with Gasteiger partial charge in [-0.2, -0.15) is 0 Å². The molecule has 216 valence electrons. The molecule has 1 aliphatic rings. The van der Waals surface area contributed by atoms with E-state index in [0.717, 1.165) is 32.1 Å². The minimum absolute atomic E-state index is 0.0155. The normalized spacial score (nSPS) is 15.8. The number of pyridine rings is 1. The van der Waals surface area contributed by atoms with Gasteiger partial charge in [-0.1, -0.05) is 76.4 Å². The van der Waals surface area contributed by atoms with Crippen LogP contribution >= 0.6 is 0 Å². The summed E-state index contributed by atoms with van der Waals surface area (Å²) >= 11 is 0. The van der Waals surface area contributed by atoms with Gasteiger partial charge >= 0.3 is 0 Å². The molecule has 0 N–H and O–H groups in total. The molecule has 1 aromatic heterocycles. The number of aryl methyl sites for hydroxylation is 4. The van der Waals surface area contributed by atoms with E-state index in [-0.39, 0.29) is 11.0 Å². The average molecular weight is 556 g/mol. The highest BCUT2D eigenvalue weighted by Crippen LogP contribution is 2.42. The van der Waals surface area contributed by atoms with Crippen LogP contribution in [0.5, 0.6) is 0 Å². The molecule has 40 heavy (non-hydrogen) atoms. The van der Waals surface area contributed by atoms with E-state index < -0.39 is 8.32 Å². The number of hydrogen-bond acceptors (Lipinski definition) is 2. The van der Waals surface area contributed by atoms with E-state index >= 15 is 0 Å². The van der Waals surface area contributed by atoms with E-state index in [1.165, 1.54) is 76.6 Å². The van der Waals surface area contributed by atoms with Crippen molar-refractivity contribution in [3.63, 3.8) is 0 Å². The lowest BCUT2D eigenvalue weighted by atomic mass is 9.69. The van der Waals surface area contributed by atoms with Gasteiger partial charge < -0.3 is 4.43 Å². The van der Waals surface area contributed by atoms with Gasteiger partial charge in [0.1, 0.15) is 0 Å². The number of hydrogen-bond donors (Lipinski definition) is 0. The Morgan fingerprint density at radius 1 is 0.825 bits per heavy atom. The molecule has 3 aromatic rings. The Bertz CT molecular complexity index is 1280. The third-order valence-corrected chi connectivity index (χ3v) is 10.6. The molecule has 2 aromatic carbocycles. The van der Waals surface area contributed by atoms with E-state index in [2.05, 4.69) is 102 Å². The fourth-order valence-corrected chi connectivity index (χ4v) is 8.84. The van der Waals surface area contributed by atoms with E-state index in [1.807, 2.05) is 12.4 Å². The molecule has 0 amide bonds. The second kappa shape index (κ2) is 12.7. The fourth-order valence-electron chi connectivity index (χ4n) is 7.23. The fraction of sp³-hybridized carbons (Fsp3) is 0.541. The zero-order valence-electron chi connectivity index (χ0n) is 26.6. The van der Waals surface area contributed by atoms with Crippen LogP contribution in [0.15, 0.2) is 54.9 Å². The third-order valence-electron chi connectivity index (χ3n) is 9.53. The summed E-state index contributed by atoms with van der Waals surface area (Å²) in [5.41, 5.74) is 11.0. The highest BCUT2D eigenvalue weighted by molar-refractivity contribution is 6.69. The quantitative estimate of drug-likeness (QED) is 0.220. The first-order chi connectivity index (χ1) is 19.0. The lowest BCUT2D eigenvalue weighted by Gasteiger charge is -2.42. The maximum Gasteiger partial charge on any atom is 0.184 e. The predicted molar refractivity (Wildman–Crippen MR) is 175 cm³/mol. The van der Waals surface area contributed by atoms with Gasteiger partial charge in [0.05, 0.1) is 5.60 Å². The second-order valence-electron chi connectivity index (χ2n) is 13.4. The largest absolute Gasteiger partial charge is 0.412 e. The first kappa shape index (κ1) is 30.7. The van der Waals surface area contributed by atoms with Crippen molar-refractivity contribution in [1.82, 2.24) is 4.98 Å². The van der Waals surface area contributed by atoms with E-state index in [9.17, 15) is 0 Å². The van der Waals surface area contributed by atoms with Crippen LogP contribution < -0.4 is 0 Å². The zero-order chi connectivity index (χ0) is 29.0. The van der Waals surface area contributed by atoms with Crippen molar-refractivity contribution in [3.05, 3.63) is 88.2 Å². The van der Waals surface area contributed by atoms with Crippen molar-refractivity contribution >= 4 is 8.32 Å². The number of aromatic nitrogens is 1. The molecule has 0 bridgehead atoms. The molecule has 0 spiro atoms. The van der Waals surface area contributed by atoms with Crippen LogP contribution in [0.2, 0.25) is 19.6 Å². The number of nitrogens with zero attached hydrogens (tertiary/aromatic N) is 1. The smallest absolute Gasteiger partial charge is 0.184 e. The van der Waals surface area contributed by atoms with Crippen molar-refractivity contribution < 1.29 is 4.43 Å². The van der Waals surface area contributed by atoms with Crippen molar-refractivity contribution in [2.45, 2.75) is 129 Å². The maximum atomic E-state index is 6.90. The molecule has 0 atom stereocenters. The SMILES string of the molecule is CCc1cncc(-c2ccc(C(CC)(CC)c3ccc(CCC4(O[Si](C)(C)C)CCCCC4)c(C)c3)cc2C)c1. The molecule has 2 nitrogen and oxygen atoms in total. The van der Waals surface area contributed by atoms with Gasteiger partial charge in [0.15, 0.2) is 8.32 Å². The summed E-state index contributed by atoms with van der Waals surface area (Å²) in [6.07, 6.45) is 15.9. The van der Waals surface area contributed by atoms with Gasteiger partial charge in [0, 0.05) is 23.4 Å². The van der Waals surface area contributed by atoms with Crippen molar-refractivity contribution in [1.29, 1.82) is 0 Å². The summed E-state index contributed by atoms with van der Waals surface area (Å²) < 4.78 is 6.90. The summed E-state index contributed by atoms with van der Waals surface area (Å²) in [7, 11) is -1.59. The summed E-state index contributed by atoms with van der Waals surface area (Å²) in [5.74, 6) is 0. The van der Waals surface area contributed by atoms with Gasteiger partial charge in [-0.15, -0.1) is 0 Å². The molecule has 0 aliphatic heterocycles. The Hall–Kier alpha value is -2.23. The molecular formula is C37H53NOSi. The molecule has 1 aliphatic carbocycles. The predicted octanol–water partition coefficient (Wildman–Crippen LogP) is 10.5. The van der Waals surface area contributed by atoms with Crippen LogP contribution in [0.1, 0.15) is 106 Å². The Morgan fingerprint density at radius 3 is 2.05 bits per heavy atom. The molecule has 4 rings (SSSR count). The Kier molecular flexibility index (Phi) is 9.78. The summed E-state index contributed by atoms with van der Waals surface area (Å²) in [4.78, 5) is 4.50. The highest BCUT2D eigenvalue weighted by Gasteiger charge is 2.37. The number of rotatable bonds is 11. The van der Waals surface area contributed by atoms with Gasteiger partial charge in [0.2, 0.25) is 0 Å². The molecule has 0 radical (unpaired) electrons. The van der Waals surface area contributed by atoms with Crippen LogP contribution in [0, 0.1) is 13.8 Å². The standard InChI is InChI=1S/C37H53NOSi/c1-9-30-25-32(27-38-26-30)35-18-17-34(24-29(35)5)37(10-2,11-3)33-16-15-31(28(4)23-33)19-22-36(39-40(6,7)8)20-13-12-14-21-36/h15-18,23-27H,9-14,19-22H2,1-8H3. The summed E-state index contributed by atoms with van der Waals surface area (Å²) in [6.45, 7) is 18.5.